The first-order valence-electron chi connectivity index (χ1n) is 12.2. The second-order valence-corrected chi connectivity index (χ2v) is 10.5. The van der Waals surface area contributed by atoms with E-state index in [1.807, 2.05) is 0 Å². The van der Waals surface area contributed by atoms with Crippen LogP contribution >= 0.6 is 0 Å². The molecule has 0 saturated heterocycles. The molecule has 2 heteroatoms. The quantitative estimate of drug-likeness (QED) is 0.186. The van der Waals surface area contributed by atoms with E-state index < -0.39 is 0 Å². The Labute approximate surface area is 202 Å². The minimum atomic E-state index is 0.642. The number of rotatable bonds is 0. The van der Waals surface area contributed by atoms with Crippen molar-refractivity contribution in [2.75, 3.05) is 0 Å². The zero-order valence-electron chi connectivity index (χ0n) is 22.5. The van der Waals surface area contributed by atoms with Crippen LogP contribution in [0, 0.1) is 81.6 Å². The van der Waals surface area contributed by atoms with Crippen molar-refractivity contribution in [3.8, 4) is 0 Å². The third-order valence-electron chi connectivity index (χ3n) is 8.98. The minimum absolute atomic E-state index is 0.642. The van der Waals surface area contributed by atoms with Crippen LogP contribution in [-0.4, -0.2) is 0 Å². The maximum absolute atomic E-state index is 8.71. The van der Waals surface area contributed by atoms with Crippen LogP contribution < -0.4 is 5.36 Å². The zero-order valence-corrected chi connectivity index (χ0v) is 22.5. The molecule has 0 aliphatic carbocycles. The van der Waals surface area contributed by atoms with Gasteiger partial charge in [0.15, 0.2) is 0 Å². The molecule has 174 valence electrons. The van der Waals surface area contributed by atoms with Crippen LogP contribution in [0.5, 0.6) is 0 Å². The fourth-order valence-electron chi connectivity index (χ4n) is 6.34. The molecule has 0 aliphatic rings. The van der Waals surface area contributed by atoms with Gasteiger partial charge in [0.25, 0.3) is 0 Å². The molecule has 0 aliphatic heterocycles. The van der Waals surface area contributed by atoms with E-state index >= 15 is 0 Å². The van der Waals surface area contributed by atoms with Gasteiger partial charge >= 0.3 is 0 Å². The van der Waals surface area contributed by atoms with Gasteiger partial charge < -0.3 is 9.83 Å². The Morgan fingerprint density at radius 3 is 1.53 bits per heavy atom. The molecule has 0 spiro atoms. The molecule has 4 aromatic carbocycles. The van der Waals surface area contributed by atoms with E-state index in [4.69, 9.17) is 9.83 Å². The number of fused-ring (bicyclic) bond motifs is 6. The Morgan fingerprint density at radius 2 is 0.912 bits per heavy atom. The smallest absolute Gasteiger partial charge is 0.143 e. The Balaban J connectivity index is 2.23. The number of benzene rings is 4. The summed E-state index contributed by atoms with van der Waals surface area (Å²) in [5, 5.41) is 16.7. The third kappa shape index (κ3) is 2.60. The van der Waals surface area contributed by atoms with Crippen molar-refractivity contribution in [2.45, 2.75) is 76.2 Å². The van der Waals surface area contributed by atoms with E-state index in [0.29, 0.717) is 5.36 Å². The number of hydrogen-bond acceptors (Lipinski definition) is 2. The molecule has 2 nitrogen and oxygen atoms in total. The minimum Gasteiger partial charge on any atom is -0.455 e. The van der Waals surface area contributed by atoms with Crippen LogP contribution in [-0.2, 0) is 0 Å². The average Bonchev–Trinajstić information content (AvgIpc) is 2.79. The molecule has 5 aromatic rings. The Hall–Kier alpha value is -3.13. The third-order valence-corrected chi connectivity index (χ3v) is 8.98. The van der Waals surface area contributed by atoms with Gasteiger partial charge in [-0.15, -0.1) is 0 Å². The van der Waals surface area contributed by atoms with Gasteiger partial charge in [0.2, 0.25) is 0 Å². The van der Waals surface area contributed by atoms with Gasteiger partial charge in [-0.3, -0.25) is 0 Å². The summed E-state index contributed by atoms with van der Waals surface area (Å²) in [5.74, 6) is 0. The molecule has 0 amide bonds. The van der Waals surface area contributed by atoms with Crippen LogP contribution in [0.3, 0.4) is 0 Å². The summed E-state index contributed by atoms with van der Waals surface area (Å²) in [6, 6.07) is 2.32. The van der Waals surface area contributed by atoms with Crippen molar-refractivity contribution >= 4 is 43.5 Å². The van der Waals surface area contributed by atoms with E-state index in [1.54, 1.807) is 0 Å². The van der Waals surface area contributed by atoms with Crippen molar-refractivity contribution in [1.29, 1.82) is 5.41 Å². The number of hydrogen-bond donors (Lipinski definition) is 1. The summed E-state index contributed by atoms with van der Waals surface area (Å²) < 4.78 is 7.04. The van der Waals surface area contributed by atoms with E-state index in [1.165, 1.54) is 76.8 Å². The zero-order chi connectivity index (χ0) is 25.0. The lowest BCUT2D eigenvalue weighted by atomic mass is 9.85. The van der Waals surface area contributed by atoms with Crippen LogP contribution in [0.2, 0.25) is 0 Å². The van der Waals surface area contributed by atoms with Crippen molar-refractivity contribution in [1.82, 2.24) is 0 Å². The van der Waals surface area contributed by atoms with Gasteiger partial charge in [0.05, 0.1) is 5.36 Å². The Bertz CT molecular complexity index is 1810. The first kappa shape index (κ1) is 22.7. The molecule has 0 unspecified atom stereocenters. The summed E-state index contributed by atoms with van der Waals surface area (Å²) in [6.07, 6.45) is 0. The highest BCUT2D eigenvalue weighted by Gasteiger charge is 2.23. The second kappa shape index (κ2) is 7.18. The first-order chi connectivity index (χ1) is 15.9. The second-order valence-electron chi connectivity index (χ2n) is 10.5. The summed E-state index contributed by atoms with van der Waals surface area (Å²) >= 11 is 0. The summed E-state index contributed by atoms with van der Waals surface area (Å²) in [7, 11) is 0. The maximum Gasteiger partial charge on any atom is 0.143 e. The summed E-state index contributed by atoms with van der Waals surface area (Å²) in [6.45, 7) is 24.1. The lowest BCUT2D eigenvalue weighted by Crippen LogP contribution is -2.13. The number of aryl methyl sites for hydroxylation is 9. The molecular weight excluding hydrogens is 414 g/mol. The Morgan fingerprint density at radius 1 is 0.441 bits per heavy atom. The highest BCUT2D eigenvalue weighted by atomic mass is 16.3. The van der Waals surface area contributed by atoms with E-state index in [-0.39, 0.29) is 0 Å². The summed E-state index contributed by atoms with van der Waals surface area (Å²) in [5.41, 5.74) is 15.6. The van der Waals surface area contributed by atoms with Gasteiger partial charge in [0.1, 0.15) is 11.2 Å². The van der Waals surface area contributed by atoms with Crippen LogP contribution in [0.4, 0.5) is 0 Å². The normalized spacial score (nSPS) is 12.1. The molecule has 1 heterocycles. The molecule has 0 radical (unpaired) electrons. The van der Waals surface area contributed by atoms with Gasteiger partial charge in [-0.05, 0) is 154 Å². The predicted octanol–water partition coefficient (Wildman–Crippen LogP) is 8.76. The van der Waals surface area contributed by atoms with Crippen molar-refractivity contribution in [3.63, 3.8) is 0 Å². The monoisotopic (exact) mass is 449 g/mol. The lowest BCUT2D eigenvalue weighted by Gasteiger charge is -2.22. The highest BCUT2D eigenvalue weighted by Crippen LogP contribution is 2.44. The molecule has 0 atom stereocenters. The van der Waals surface area contributed by atoms with Crippen molar-refractivity contribution < 1.29 is 4.42 Å². The van der Waals surface area contributed by atoms with Crippen LogP contribution in [0.15, 0.2) is 10.5 Å². The molecule has 0 fully saturated rings. The molecule has 5 rings (SSSR count). The van der Waals surface area contributed by atoms with Crippen molar-refractivity contribution in [2.24, 2.45) is 0 Å². The fourth-order valence-corrected chi connectivity index (χ4v) is 6.34. The molecule has 1 aromatic heterocycles. The summed E-state index contributed by atoms with van der Waals surface area (Å²) in [4.78, 5) is 0. The topological polar surface area (TPSA) is 37.0 Å². The van der Waals surface area contributed by atoms with Gasteiger partial charge in [0, 0.05) is 21.5 Å². The maximum atomic E-state index is 8.71. The molecule has 1 N–H and O–H groups in total. The predicted molar refractivity (Wildman–Crippen MR) is 147 cm³/mol. The van der Waals surface area contributed by atoms with Gasteiger partial charge in [-0.1, -0.05) is 0 Å². The highest BCUT2D eigenvalue weighted by molar-refractivity contribution is 6.18. The largest absolute Gasteiger partial charge is 0.455 e. The van der Waals surface area contributed by atoms with Crippen LogP contribution in [0.25, 0.3) is 43.5 Å². The van der Waals surface area contributed by atoms with E-state index in [0.717, 1.165) is 27.9 Å². The lowest BCUT2D eigenvalue weighted by molar-refractivity contribution is 0.666. The van der Waals surface area contributed by atoms with Gasteiger partial charge in [-0.25, -0.2) is 0 Å². The average molecular weight is 450 g/mol. The Kier molecular flexibility index (Phi) is 4.79. The van der Waals surface area contributed by atoms with Crippen molar-refractivity contribution in [3.05, 3.63) is 72.6 Å². The van der Waals surface area contributed by atoms with E-state index in [9.17, 15) is 0 Å². The SMILES string of the molecule is Cc1cc2c(c(C)c1C)c(C)c(C)c1c(C)c3c(C)c(C)c4c(C)c(=N)c(C)c(C)c4c3oc12. The van der Waals surface area contributed by atoms with E-state index in [2.05, 4.69) is 82.2 Å². The van der Waals surface area contributed by atoms with Gasteiger partial charge in [-0.2, -0.15) is 0 Å². The first-order valence-corrected chi connectivity index (χ1v) is 12.2. The fraction of sp³-hybridized carbons (Fsp3) is 0.344. The standard InChI is InChI=1S/C32H35NO/c1-13-12-24-25(15(3)14(13)2)16(4)18(6)27-22(10)28-19(7)17(5)26-23(11)30(33)21(9)20(8)29(26)32(28)34-31(24)27/h12,33H,1-11H3. The molecule has 34 heavy (non-hydrogen) atoms. The van der Waals surface area contributed by atoms with Crippen LogP contribution in [0.1, 0.15) is 61.2 Å². The molecular formula is C32H35NO. The number of nitrogens with one attached hydrogen (secondary N) is 1. The molecule has 0 bridgehead atoms. The molecule has 0 saturated carbocycles.